The molecule has 1 unspecified atom stereocenters. The highest BCUT2D eigenvalue weighted by molar-refractivity contribution is 5.71. The number of rotatable bonds is 46. The fourth-order valence-corrected chi connectivity index (χ4v) is 6.73. The van der Waals surface area contributed by atoms with Crippen LogP contribution in [-0.2, 0) is 28.6 Å². The van der Waals surface area contributed by atoms with Gasteiger partial charge in [-0.2, -0.15) is 0 Å². The number of allylic oxidation sites excluding steroid dienone is 22. The van der Waals surface area contributed by atoms with Gasteiger partial charge >= 0.3 is 17.9 Å². The zero-order valence-corrected chi connectivity index (χ0v) is 42.9. The molecule has 0 rings (SSSR count). The number of carbonyl (C=O) groups excluding carboxylic acids is 3. The lowest BCUT2D eigenvalue weighted by atomic mass is 10.1. The van der Waals surface area contributed by atoms with Crippen molar-refractivity contribution < 1.29 is 28.6 Å². The van der Waals surface area contributed by atoms with Crippen LogP contribution >= 0.6 is 0 Å². The number of hydrogen-bond donors (Lipinski definition) is 0. The molecule has 6 heteroatoms. The first-order valence-electron chi connectivity index (χ1n) is 26.7. The lowest BCUT2D eigenvalue weighted by molar-refractivity contribution is -0.167. The van der Waals surface area contributed by atoms with Gasteiger partial charge in [0.2, 0.25) is 0 Å². The molecular weight excluding hydrogens is 829 g/mol. The highest BCUT2D eigenvalue weighted by Gasteiger charge is 2.19. The summed E-state index contributed by atoms with van der Waals surface area (Å²) < 4.78 is 16.8. The Morgan fingerprint density at radius 3 is 0.851 bits per heavy atom. The van der Waals surface area contributed by atoms with Crippen molar-refractivity contribution in [1.82, 2.24) is 0 Å². The summed E-state index contributed by atoms with van der Waals surface area (Å²) in [4.78, 5) is 38.1. The Kier molecular flexibility index (Phi) is 50.6. The van der Waals surface area contributed by atoms with Crippen molar-refractivity contribution in [2.24, 2.45) is 0 Å². The van der Waals surface area contributed by atoms with Crippen LogP contribution < -0.4 is 0 Å². The van der Waals surface area contributed by atoms with E-state index in [4.69, 9.17) is 14.2 Å². The lowest BCUT2D eigenvalue weighted by Crippen LogP contribution is -2.30. The fourth-order valence-electron chi connectivity index (χ4n) is 6.73. The molecule has 6 nitrogen and oxygen atoms in total. The van der Waals surface area contributed by atoms with Crippen molar-refractivity contribution in [3.63, 3.8) is 0 Å². The monoisotopic (exact) mass is 925 g/mol. The summed E-state index contributed by atoms with van der Waals surface area (Å²) in [5, 5.41) is 0. The minimum atomic E-state index is -0.814. The summed E-state index contributed by atoms with van der Waals surface area (Å²) in [7, 11) is 0. The number of esters is 3. The average molecular weight is 925 g/mol. The third-order valence-corrected chi connectivity index (χ3v) is 10.6. The van der Waals surface area contributed by atoms with Gasteiger partial charge in [0.25, 0.3) is 0 Å². The number of hydrogen-bond acceptors (Lipinski definition) is 6. The first-order chi connectivity index (χ1) is 33.0. The molecule has 0 aromatic rings. The van der Waals surface area contributed by atoms with Gasteiger partial charge in [-0.15, -0.1) is 0 Å². The molecule has 0 saturated heterocycles. The number of carbonyl (C=O) groups is 3. The van der Waals surface area contributed by atoms with Gasteiger partial charge in [0.05, 0.1) is 0 Å². The van der Waals surface area contributed by atoms with Crippen LogP contribution in [0.4, 0.5) is 0 Å². The summed E-state index contributed by atoms with van der Waals surface area (Å²) in [5.74, 6) is -0.985. The Morgan fingerprint density at radius 2 is 0.537 bits per heavy atom. The standard InChI is InChI=1S/C61H96O6/c1-4-7-10-13-16-19-22-25-27-29-30-32-33-36-39-42-45-48-51-54-60(63)66-57-58(56-65-59(62)53-50-47-44-41-38-35-24-21-18-15-12-9-6-3)67-61(64)55-52-49-46-43-40-37-34-31-28-26-23-20-17-14-11-8-5-2/h7-12,16-21,25-28,30,32,34-35,37-38,58H,4-6,13-15,22-24,29,31,33,36,39-57H2,1-3H3/b10-7-,11-8-,12-9-,19-16-,20-17-,21-18-,27-25-,28-26-,32-30-,37-34-,38-35-. The van der Waals surface area contributed by atoms with Crippen LogP contribution in [0.15, 0.2) is 134 Å². The van der Waals surface area contributed by atoms with Gasteiger partial charge in [-0.25, -0.2) is 0 Å². The lowest BCUT2D eigenvalue weighted by Gasteiger charge is -2.18. The Labute approximate surface area is 411 Å². The quantitative estimate of drug-likeness (QED) is 0.0262. The van der Waals surface area contributed by atoms with E-state index in [1.807, 2.05) is 0 Å². The van der Waals surface area contributed by atoms with Crippen LogP contribution in [0.3, 0.4) is 0 Å². The Bertz CT molecular complexity index is 1480. The van der Waals surface area contributed by atoms with E-state index >= 15 is 0 Å². The smallest absolute Gasteiger partial charge is 0.306 e. The third kappa shape index (κ3) is 52.4. The topological polar surface area (TPSA) is 78.9 Å². The molecule has 0 aliphatic rings. The predicted octanol–water partition coefficient (Wildman–Crippen LogP) is 17.9. The van der Waals surface area contributed by atoms with E-state index in [1.165, 1.54) is 12.8 Å². The fraction of sp³-hybridized carbons (Fsp3) is 0.590. The Hall–Kier alpha value is -4.45. The summed E-state index contributed by atoms with van der Waals surface area (Å²) in [6.07, 6.45) is 75.8. The molecule has 0 aliphatic heterocycles. The van der Waals surface area contributed by atoms with Gasteiger partial charge in [-0.05, 0) is 128 Å². The van der Waals surface area contributed by atoms with Crippen molar-refractivity contribution in [2.45, 2.75) is 219 Å². The van der Waals surface area contributed by atoms with E-state index in [2.05, 4.69) is 154 Å². The molecule has 376 valence electrons. The van der Waals surface area contributed by atoms with Crippen molar-refractivity contribution in [1.29, 1.82) is 0 Å². The summed E-state index contributed by atoms with van der Waals surface area (Å²) >= 11 is 0. The van der Waals surface area contributed by atoms with Crippen molar-refractivity contribution >= 4 is 17.9 Å². The van der Waals surface area contributed by atoms with Gasteiger partial charge in [-0.3, -0.25) is 14.4 Å². The second-order valence-corrected chi connectivity index (χ2v) is 17.0. The predicted molar refractivity (Wildman–Crippen MR) is 288 cm³/mol. The molecular formula is C61H96O6. The molecule has 0 spiro atoms. The molecule has 0 amide bonds. The number of ether oxygens (including phenoxy) is 3. The van der Waals surface area contributed by atoms with Gasteiger partial charge in [0.15, 0.2) is 6.10 Å². The van der Waals surface area contributed by atoms with E-state index in [9.17, 15) is 14.4 Å². The third-order valence-electron chi connectivity index (χ3n) is 10.6. The average Bonchev–Trinajstić information content (AvgIpc) is 3.33. The van der Waals surface area contributed by atoms with E-state index < -0.39 is 6.10 Å². The second kappa shape index (κ2) is 54.2. The molecule has 0 radical (unpaired) electrons. The van der Waals surface area contributed by atoms with Gasteiger partial charge in [-0.1, -0.05) is 199 Å². The highest BCUT2D eigenvalue weighted by atomic mass is 16.6. The SMILES string of the molecule is CC/C=C\C/C=C\C/C=C\C/C=C\CCCCCCCCC(=O)OCC(COC(=O)CCCCC/C=C\C/C=C\C/C=C\CC)OC(=O)CCCCCC/C=C\C/C=C\C/C=C\C/C=C\CC. The number of unbranched alkanes of at least 4 members (excludes halogenated alkanes) is 13. The molecule has 0 fully saturated rings. The summed E-state index contributed by atoms with van der Waals surface area (Å²) in [6.45, 7) is 6.22. The first kappa shape index (κ1) is 62.5. The van der Waals surface area contributed by atoms with Crippen LogP contribution in [-0.4, -0.2) is 37.2 Å². The van der Waals surface area contributed by atoms with Crippen molar-refractivity contribution in [3.05, 3.63) is 134 Å². The molecule has 1 atom stereocenters. The molecule has 0 aromatic carbocycles. The molecule has 0 heterocycles. The van der Waals surface area contributed by atoms with Crippen LogP contribution in [0.2, 0.25) is 0 Å². The maximum absolute atomic E-state index is 12.8. The van der Waals surface area contributed by atoms with Gasteiger partial charge < -0.3 is 14.2 Å². The maximum Gasteiger partial charge on any atom is 0.306 e. The largest absolute Gasteiger partial charge is 0.462 e. The van der Waals surface area contributed by atoms with E-state index in [0.717, 1.165) is 161 Å². The van der Waals surface area contributed by atoms with Crippen LogP contribution in [0.1, 0.15) is 213 Å². The Morgan fingerprint density at radius 1 is 0.299 bits per heavy atom. The van der Waals surface area contributed by atoms with Crippen molar-refractivity contribution in [3.8, 4) is 0 Å². The minimum absolute atomic E-state index is 0.110. The van der Waals surface area contributed by atoms with Crippen molar-refractivity contribution in [2.75, 3.05) is 13.2 Å². The van der Waals surface area contributed by atoms with E-state index in [0.29, 0.717) is 12.8 Å². The molecule has 0 saturated carbocycles. The zero-order chi connectivity index (χ0) is 48.6. The van der Waals surface area contributed by atoms with Crippen LogP contribution in [0.25, 0.3) is 0 Å². The Balaban J connectivity index is 4.51. The van der Waals surface area contributed by atoms with E-state index in [-0.39, 0.29) is 37.5 Å². The second-order valence-electron chi connectivity index (χ2n) is 17.0. The van der Waals surface area contributed by atoms with Crippen LogP contribution in [0.5, 0.6) is 0 Å². The van der Waals surface area contributed by atoms with Gasteiger partial charge in [0.1, 0.15) is 13.2 Å². The first-order valence-corrected chi connectivity index (χ1v) is 26.7. The molecule has 0 aliphatic carbocycles. The van der Waals surface area contributed by atoms with Gasteiger partial charge in [0, 0.05) is 19.3 Å². The minimum Gasteiger partial charge on any atom is -0.462 e. The molecule has 67 heavy (non-hydrogen) atoms. The highest BCUT2D eigenvalue weighted by Crippen LogP contribution is 2.13. The maximum atomic E-state index is 12.8. The summed E-state index contributed by atoms with van der Waals surface area (Å²) in [6, 6.07) is 0. The zero-order valence-electron chi connectivity index (χ0n) is 42.9. The summed E-state index contributed by atoms with van der Waals surface area (Å²) in [5.41, 5.74) is 0. The molecule has 0 N–H and O–H groups in total. The molecule has 0 bridgehead atoms. The normalized spacial score (nSPS) is 13.2. The molecule has 0 aromatic heterocycles. The van der Waals surface area contributed by atoms with E-state index in [1.54, 1.807) is 0 Å². The van der Waals surface area contributed by atoms with Crippen LogP contribution in [0, 0.1) is 0 Å².